The summed E-state index contributed by atoms with van der Waals surface area (Å²) in [7, 11) is 0. The number of aliphatic imine (C=N–C) groups is 1. The van der Waals surface area contributed by atoms with Gasteiger partial charge < -0.3 is 0 Å². The summed E-state index contributed by atoms with van der Waals surface area (Å²) >= 11 is 0. The summed E-state index contributed by atoms with van der Waals surface area (Å²) in [5.41, 5.74) is 0. The molecule has 80 valence electrons. The molecule has 0 saturated heterocycles. The lowest BCUT2D eigenvalue weighted by atomic mass is 10.1. The molecule has 0 aliphatic carbocycles. The normalized spacial score (nSPS) is 9.50. The summed E-state index contributed by atoms with van der Waals surface area (Å²) in [6, 6.07) is 0. The van der Waals surface area contributed by atoms with Crippen LogP contribution in [0.15, 0.2) is 4.99 Å². The van der Waals surface area contributed by atoms with E-state index in [1.807, 2.05) is 0 Å². The summed E-state index contributed by atoms with van der Waals surface area (Å²) in [5, 5.41) is 0. The first kappa shape index (κ1) is 13.1. The maximum absolute atomic E-state index is 10.7. The Kier molecular flexibility index (Phi) is 9.45. The van der Waals surface area contributed by atoms with Crippen molar-refractivity contribution in [1.29, 1.82) is 0 Å². The molecule has 0 fully saturated rings. The molecule has 0 heterocycles. The van der Waals surface area contributed by atoms with Gasteiger partial charge in [0, 0.05) is 6.42 Å². The molecule has 0 N–H and O–H groups in total. The average molecular weight is 197 g/mol. The Hall–Kier alpha value is -0.950. The van der Waals surface area contributed by atoms with Crippen molar-refractivity contribution < 1.29 is 9.59 Å². The zero-order chi connectivity index (χ0) is 10.6. The lowest BCUT2D eigenvalue weighted by Gasteiger charge is -1.98. The Labute approximate surface area is 85.6 Å². The third kappa shape index (κ3) is 9.14. The first-order valence-corrected chi connectivity index (χ1v) is 5.42. The highest BCUT2D eigenvalue weighted by Gasteiger charge is 1.97. The Balaban J connectivity index is 3.13. The van der Waals surface area contributed by atoms with Gasteiger partial charge in [-0.3, -0.25) is 4.79 Å². The monoisotopic (exact) mass is 197 g/mol. The summed E-state index contributed by atoms with van der Waals surface area (Å²) in [4.78, 5) is 23.5. The molecule has 14 heavy (non-hydrogen) atoms. The van der Waals surface area contributed by atoms with Crippen LogP contribution in [0, 0.1) is 0 Å². The van der Waals surface area contributed by atoms with E-state index < -0.39 is 0 Å². The van der Waals surface area contributed by atoms with Crippen LogP contribution in [-0.4, -0.2) is 12.0 Å². The van der Waals surface area contributed by atoms with E-state index in [1.54, 1.807) is 0 Å². The highest BCUT2D eigenvalue weighted by Crippen LogP contribution is 2.08. The van der Waals surface area contributed by atoms with Crippen LogP contribution in [-0.2, 0) is 9.59 Å². The van der Waals surface area contributed by atoms with Crippen LogP contribution >= 0.6 is 0 Å². The fourth-order valence-corrected chi connectivity index (χ4v) is 1.34. The summed E-state index contributed by atoms with van der Waals surface area (Å²) < 4.78 is 0. The van der Waals surface area contributed by atoms with E-state index in [0.29, 0.717) is 6.42 Å². The molecule has 0 aromatic heterocycles. The number of isocyanates is 1. The second kappa shape index (κ2) is 10.1. The van der Waals surface area contributed by atoms with Gasteiger partial charge in [-0.1, -0.05) is 45.4 Å². The molecule has 3 nitrogen and oxygen atoms in total. The van der Waals surface area contributed by atoms with Crippen LogP contribution in [0.3, 0.4) is 0 Å². The van der Waals surface area contributed by atoms with E-state index >= 15 is 0 Å². The highest BCUT2D eigenvalue weighted by atomic mass is 16.2. The fourth-order valence-electron chi connectivity index (χ4n) is 1.34. The second-order valence-corrected chi connectivity index (χ2v) is 3.47. The van der Waals surface area contributed by atoms with Crippen molar-refractivity contribution >= 4 is 12.0 Å². The van der Waals surface area contributed by atoms with Crippen LogP contribution in [0.25, 0.3) is 0 Å². The van der Waals surface area contributed by atoms with Crippen LogP contribution < -0.4 is 0 Å². The maximum atomic E-state index is 10.7. The number of rotatable bonds is 8. The number of hydrogen-bond donors (Lipinski definition) is 0. The number of carbonyl (C=O) groups excluding carboxylic acids is 2. The van der Waals surface area contributed by atoms with Gasteiger partial charge in [0.15, 0.2) is 0 Å². The second-order valence-electron chi connectivity index (χ2n) is 3.47. The van der Waals surface area contributed by atoms with Crippen LogP contribution in [0.2, 0.25) is 0 Å². The molecular formula is C11H19NO2. The minimum Gasteiger partial charge on any atom is -0.272 e. The van der Waals surface area contributed by atoms with Crippen molar-refractivity contribution in [2.45, 2.75) is 58.3 Å². The molecular weight excluding hydrogens is 178 g/mol. The van der Waals surface area contributed by atoms with Crippen molar-refractivity contribution in [1.82, 2.24) is 0 Å². The van der Waals surface area contributed by atoms with Crippen molar-refractivity contribution in [3.63, 3.8) is 0 Å². The Bertz CT molecular complexity index is 195. The molecule has 0 aromatic rings. The summed E-state index contributed by atoms with van der Waals surface area (Å²) in [6.45, 7) is 2.19. The third-order valence-corrected chi connectivity index (χ3v) is 2.16. The highest BCUT2D eigenvalue weighted by molar-refractivity contribution is 5.81. The van der Waals surface area contributed by atoms with E-state index in [9.17, 15) is 9.59 Å². The van der Waals surface area contributed by atoms with Crippen molar-refractivity contribution in [3.8, 4) is 0 Å². The van der Waals surface area contributed by atoms with Gasteiger partial charge in [0.1, 0.15) is 0 Å². The molecule has 0 spiro atoms. The van der Waals surface area contributed by atoms with Crippen molar-refractivity contribution in [3.05, 3.63) is 0 Å². The lowest BCUT2D eigenvalue weighted by molar-refractivity contribution is -0.117. The molecule has 3 heteroatoms. The molecule has 0 aliphatic rings. The van der Waals surface area contributed by atoms with E-state index in [4.69, 9.17) is 0 Å². The smallest absolute Gasteiger partial charge is 0.256 e. The molecule has 0 aromatic carbocycles. The largest absolute Gasteiger partial charge is 0.272 e. The molecule has 0 rings (SSSR count). The molecule has 0 saturated carbocycles. The SMILES string of the molecule is CCCCCCCCCC(=O)N=C=O. The topological polar surface area (TPSA) is 46.5 Å². The zero-order valence-corrected chi connectivity index (χ0v) is 8.92. The van der Waals surface area contributed by atoms with E-state index in [-0.39, 0.29) is 5.91 Å². The van der Waals surface area contributed by atoms with Crippen molar-refractivity contribution in [2.75, 3.05) is 0 Å². The van der Waals surface area contributed by atoms with Crippen LogP contribution in [0.5, 0.6) is 0 Å². The number of carbonyl (C=O) groups is 1. The fraction of sp³-hybridized carbons (Fsp3) is 0.818. The Morgan fingerprint density at radius 2 is 1.64 bits per heavy atom. The average Bonchev–Trinajstić information content (AvgIpc) is 2.17. The van der Waals surface area contributed by atoms with E-state index in [0.717, 1.165) is 12.8 Å². The van der Waals surface area contributed by atoms with Crippen LogP contribution in [0.1, 0.15) is 58.3 Å². The summed E-state index contributed by atoms with van der Waals surface area (Å²) in [6.07, 6.45) is 9.83. The Morgan fingerprint density at radius 3 is 2.21 bits per heavy atom. The van der Waals surface area contributed by atoms with Gasteiger partial charge >= 0.3 is 0 Å². The standard InChI is InChI=1S/C11H19NO2/c1-2-3-4-5-6-7-8-9-11(14)12-10-13/h2-9H2,1H3. The van der Waals surface area contributed by atoms with Gasteiger partial charge in [-0.2, -0.15) is 0 Å². The molecule has 0 atom stereocenters. The first-order valence-electron chi connectivity index (χ1n) is 5.42. The third-order valence-electron chi connectivity index (χ3n) is 2.16. The molecule has 0 aliphatic heterocycles. The van der Waals surface area contributed by atoms with Gasteiger partial charge in [-0.05, 0) is 6.42 Å². The van der Waals surface area contributed by atoms with Gasteiger partial charge in [-0.15, -0.1) is 4.99 Å². The van der Waals surface area contributed by atoms with Crippen molar-refractivity contribution in [2.24, 2.45) is 4.99 Å². The summed E-state index contributed by atoms with van der Waals surface area (Å²) in [5.74, 6) is -0.339. The maximum Gasteiger partial charge on any atom is 0.256 e. The van der Waals surface area contributed by atoms with E-state index in [1.165, 1.54) is 38.2 Å². The number of hydrogen-bond acceptors (Lipinski definition) is 2. The molecule has 0 radical (unpaired) electrons. The first-order chi connectivity index (χ1) is 6.81. The molecule has 0 bridgehead atoms. The van der Waals surface area contributed by atoms with E-state index in [2.05, 4.69) is 11.9 Å². The van der Waals surface area contributed by atoms with Gasteiger partial charge in [0.05, 0.1) is 0 Å². The van der Waals surface area contributed by atoms with Gasteiger partial charge in [0.2, 0.25) is 6.08 Å². The number of nitrogens with zero attached hydrogens (tertiary/aromatic N) is 1. The Morgan fingerprint density at radius 1 is 1.07 bits per heavy atom. The molecule has 1 amide bonds. The van der Waals surface area contributed by atoms with Gasteiger partial charge in [0.25, 0.3) is 5.91 Å². The zero-order valence-electron chi connectivity index (χ0n) is 8.92. The molecule has 0 unspecified atom stereocenters. The minimum atomic E-state index is -0.339. The predicted molar refractivity (Wildman–Crippen MR) is 55.7 cm³/mol. The minimum absolute atomic E-state index is 0.339. The quantitative estimate of drug-likeness (QED) is 0.341. The van der Waals surface area contributed by atoms with Gasteiger partial charge in [-0.25, -0.2) is 4.79 Å². The predicted octanol–water partition coefficient (Wildman–Crippen LogP) is 2.99. The lowest BCUT2D eigenvalue weighted by Crippen LogP contribution is -1.92. The number of amides is 1. The number of unbranched alkanes of at least 4 members (excludes halogenated alkanes) is 6. The van der Waals surface area contributed by atoms with Crippen LogP contribution in [0.4, 0.5) is 0 Å².